The molecule has 1 aliphatic carbocycles. The van der Waals surface area contributed by atoms with E-state index in [0.29, 0.717) is 10.8 Å². The van der Waals surface area contributed by atoms with Gasteiger partial charge in [0.15, 0.2) is 0 Å². The molecule has 10 heavy (non-hydrogen) atoms. The van der Waals surface area contributed by atoms with Crippen molar-refractivity contribution >= 4 is 15.9 Å². The Balaban J connectivity index is 2.54. The summed E-state index contributed by atoms with van der Waals surface area (Å²) in [4.78, 5) is 0. The van der Waals surface area contributed by atoms with Gasteiger partial charge in [-0.3, -0.25) is 0 Å². The normalized spacial score (nSPS) is 30.3. The number of hydrogen-bond acceptors (Lipinski definition) is 0. The summed E-state index contributed by atoms with van der Waals surface area (Å²) >= 11 is 3.56. The quantitative estimate of drug-likeness (QED) is 0.605. The van der Waals surface area contributed by atoms with Gasteiger partial charge in [-0.15, -0.1) is 0 Å². The molecule has 60 valence electrons. The highest BCUT2D eigenvalue weighted by Crippen LogP contribution is 2.60. The lowest BCUT2D eigenvalue weighted by Crippen LogP contribution is -2.18. The molecular weight excluding hydrogens is 188 g/mol. The molecule has 1 saturated carbocycles. The predicted octanol–water partition coefficient (Wildman–Crippen LogP) is 3.45. The molecule has 0 spiro atoms. The molecule has 0 aromatic carbocycles. The zero-order valence-corrected chi connectivity index (χ0v) is 8.96. The maximum absolute atomic E-state index is 3.56. The first-order chi connectivity index (χ1) is 4.40. The summed E-state index contributed by atoms with van der Waals surface area (Å²) in [6.45, 7) is 9.42. The van der Waals surface area contributed by atoms with E-state index in [4.69, 9.17) is 0 Å². The maximum Gasteiger partial charge on any atom is 0.00855 e. The molecule has 1 heteroatoms. The Labute approximate surface area is 72.5 Å². The van der Waals surface area contributed by atoms with Crippen LogP contribution in [-0.2, 0) is 0 Å². The molecule has 1 fully saturated rings. The summed E-state index contributed by atoms with van der Waals surface area (Å²) in [5.41, 5.74) is 1.13. The maximum atomic E-state index is 3.56. The second kappa shape index (κ2) is 2.23. The molecule has 1 atom stereocenters. The third-order valence-corrected chi connectivity index (χ3v) is 4.25. The lowest BCUT2D eigenvalue weighted by atomic mass is 9.86. The van der Waals surface area contributed by atoms with Crippen LogP contribution in [0.5, 0.6) is 0 Å². The number of rotatable bonds is 2. The van der Waals surface area contributed by atoms with Crippen LogP contribution in [0.25, 0.3) is 0 Å². The Morgan fingerprint density at radius 3 is 2.00 bits per heavy atom. The zero-order chi connectivity index (χ0) is 7.99. The van der Waals surface area contributed by atoms with E-state index in [9.17, 15) is 0 Å². The van der Waals surface area contributed by atoms with Crippen molar-refractivity contribution in [1.82, 2.24) is 0 Å². The first kappa shape index (κ1) is 8.58. The fraction of sp³-hybridized carbons (Fsp3) is 1.00. The van der Waals surface area contributed by atoms with E-state index in [1.165, 1.54) is 6.42 Å². The lowest BCUT2D eigenvalue weighted by molar-refractivity contribution is 0.310. The molecule has 1 aliphatic rings. The van der Waals surface area contributed by atoms with Gasteiger partial charge in [0.25, 0.3) is 0 Å². The fourth-order valence-electron chi connectivity index (χ4n) is 1.89. The van der Waals surface area contributed by atoms with Gasteiger partial charge in [0, 0.05) is 5.33 Å². The Morgan fingerprint density at radius 1 is 1.50 bits per heavy atom. The highest BCUT2D eigenvalue weighted by molar-refractivity contribution is 9.09. The Morgan fingerprint density at radius 2 is 1.90 bits per heavy atom. The molecule has 0 aromatic rings. The van der Waals surface area contributed by atoms with Crippen LogP contribution in [0.4, 0.5) is 0 Å². The van der Waals surface area contributed by atoms with Gasteiger partial charge in [-0.05, 0) is 23.2 Å². The minimum atomic E-state index is 0.503. The summed E-state index contributed by atoms with van der Waals surface area (Å²) in [6.07, 6.45) is 1.41. The van der Waals surface area contributed by atoms with Crippen LogP contribution < -0.4 is 0 Å². The van der Waals surface area contributed by atoms with Crippen molar-refractivity contribution < 1.29 is 0 Å². The largest absolute Gasteiger partial charge is 0.0922 e. The molecule has 0 radical (unpaired) electrons. The minimum absolute atomic E-state index is 0.503. The Kier molecular flexibility index (Phi) is 1.91. The number of alkyl halides is 1. The molecule has 0 saturated heterocycles. The van der Waals surface area contributed by atoms with E-state index in [1.807, 2.05) is 0 Å². The van der Waals surface area contributed by atoms with Gasteiger partial charge in [0.05, 0.1) is 0 Å². The van der Waals surface area contributed by atoms with E-state index >= 15 is 0 Å². The van der Waals surface area contributed by atoms with Gasteiger partial charge < -0.3 is 0 Å². The van der Waals surface area contributed by atoms with Crippen LogP contribution in [0.15, 0.2) is 0 Å². The summed E-state index contributed by atoms with van der Waals surface area (Å²) in [7, 11) is 0. The molecule has 1 unspecified atom stereocenters. The SMILES string of the molecule is CC(C)(CBr)C1CC1(C)C. The highest BCUT2D eigenvalue weighted by atomic mass is 79.9. The number of hydrogen-bond donors (Lipinski definition) is 0. The van der Waals surface area contributed by atoms with Gasteiger partial charge in [0.2, 0.25) is 0 Å². The first-order valence-corrected chi connectivity index (χ1v) is 5.08. The lowest BCUT2D eigenvalue weighted by Gasteiger charge is -2.23. The number of halogens is 1. The molecule has 0 bridgehead atoms. The second-order valence-electron chi connectivity index (χ2n) is 4.87. The van der Waals surface area contributed by atoms with Crippen LogP contribution in [0.3, 0.4) is 0 Å². The van der Waals surface area contributed by atoms with Crippen molar-refractivity contribution in [1.29, 1.82) is 0 Å². The summed E-state index contributed by atoms with van der Waals surface area (Å²) in [6, 6.07) is 0. The highest BCUT2D eigenvalue weighted by Gasteiger charge is 2.53. The third kappa shape index (κ3) is 1.39. The van der Waals surface area contributed by atoms with E-state index in [-0.39, 0.29) is 0 Å². The average molecular weight is 205 g/mol. The molecule has 0 aliphatic heterocycles. The molecule has 0 N–H and O–H groups in total. The average Bonchev–Trinajstić information content (AvgIpc) is 2.41. The van der Waals surface area contributed by atoms with Crippen LogP contribution in [0, 0.1) is 16.7 Å². The molecular formula is C9H17Br. The van der Waals surface area contributed by atoms with E-state index in [2.05, 4.69) is 43.6 Å². The van der Waals surface area contributed by atoms with E-state index in [1.54, 1.807) is 0 Å². The fourth-order valence-corrected chi connectivity index (χ4v) is 2.29. The van der Waals surface area contributed by atoms with Crippen LogP contribution in [0.1, 0.15) is 34.1 Å². The van der Waals surface area contributed by atoms with Crippen LogP contribution in [0.2, 0.25) is 0 Å². The Bertz CT molecular complexity index is 136. The predicted molar refractivity (Wildman–Crippen MR) is 49.5 cm³/mol. The van der Waals surface area contributed by atoms with Gasteiger partial charge in [-0.1, -0.05) is 43.6 Å². The van der Waals surface area contributed by atoms with Crippen LogP contribution >= 0.6 is 15.9 Å². The molecule has 0 aromatic heterocycles. The summed E-state index contributed by atoms with van der Waals surface area (Å²) < 4.78 is 0. The minimum Gasteiger partial charge on any atom is -0.0922 e. The van der Waals surface area contributed by atoms with Crippen molar-refractivity contribution in [3.05, 3.63) is 0 Å². The molecule has 0 amide bonds. The van der Waals surface area contributed by atoms with Gasteiger partial charge in [-0.2, -0.15) is 0 Å². The molecule has 0 heterocycles. The van der Waals surface area contributed by atoms with E-state index in [0.717, 1.165) is 11.2 Å². The zero-order valence-electron chi connectivity index (χ0n) is 7.37. The van der Waals surface area contributed by atoms with Crippen LogP contribution in [-0.4, -0.2) is 5.33 Å². The monoisotopic (exact) mass is 204 g/mol. The topological polar surface area (TPSA) is 0 Å². The summed E-state index contributed by atoms with van der Waals surface area (Å²) in [5, 5.41) is 1.13. The van der Waals surface area contributed by atoms with Crippen molar-refractivity contribution in [2.24, 2.45) is 16.7 Å². The van der Waals surface area contributed by atoms with Crippen molar-refractivity contribution in [3.8, 4) is 0 Å². The first-order valence-electron chi connectivity index (χ1n) is 3.96. The molecule has 1 rings (SSSR count). The van der Waals surface area contributed by atoms with E-state index < -0.39 is 0 Å². The van der Waals surface area contributed by atoms with Crippen molar-refractivity contribution in [2.75, 3.05) is 5.33 Å². The van der Waals surface area contributed by atoms with Gasteiger partial charge >= 0.3 is 0 Å². The van der Waals surface area contributed by atoms with Crippen molar-refractivity contribution in [3.63, 3.8) is 0 Å². The van der Waals surface area contributed by atoms with Crippen molar-refractivity contribution in [2.45, 2.75) is 34.1 Å². The van der Waals surface area contributed by atoms with Gasteiger partial charge in [-0.25, -0.2) is 0 Å². The standard InChI is InChI=1S/C9H17Br/c1-8(2)5-7(8)9(3,4)6-10/h7H,5-6H2,1-4H3. The Hall–Kier alpha value is 0.480. The smallest absolute Gasteiger partial charge is 0.00855 e. The molecule has 0 nitrogen and oxygen atoms in total. The third-order valence-electron chi connectivity index (χ3n) is 2.80. The van der Waals surface area contributed by atoms with Gasteiger partial charge in [0.1, 0.15) is 0 Å². The summed E-state index contributed by atoms with van der Waals surface area (Å²) in [5.74, 6) is 0.930. The second-order valence-corrected chi connectivity index (χ2v) is 5.43.